The molecular weight excluding hydrogens is 328 g/mol. The first-order chi connectivity index (χ1) is 12.1. The van der Waals surface area contributed by atoms with Gasteiger partial charge in [0.1, 0.15) is 0 Å². The van der Waals surface area contributed by atoms with Gasteiger partial charge in [-0.25, -0.2) is 0 Å². The summed E-state index contributed by atoms with van der Waals surface area (Å²) in [5, 5.41) is 11.6. The van der Waals surface area contributed by atoms with Gasteiger partial charge in [-0.1, -0.05) is 50.2 Å². The first-order valence-electron chi connectivity index (χ1n) is 8.57. The maximum Gasteiger partial charge on any atom is 0.224 e. The highest BCUT2D eigenvalue weighted by molar-refractivity contribution is 7.99. The summed E-state index contributed by atoms with van der Waals surface area (Å²) < 4.78 is 0. The molecule has 0 saturated heterocycles. The number of benzene rings is 2. The average Bonchev–Trinajstić information content (AvgIpc) is 2.62. The fourth-order valence-corrected chi connectivity index (χ4v) is 3.30. The molecule has 4 heteroatoms. The molecule has 0 aliphatic carbocycles. The Morgan fingerprint density at radius 3 is 2.56 bits per heavy atom. The Morgan fingerprint density at radius 2 is 1.88 bits per heavy atom. The Balaban J connectivity index is 1.89. The van der Waals surface area contributed by atoms with Gasteiger partial charge in [0, 0.05) is 23.5 Å². The minimum Gasteiger partial charge on any atom is -0.325 e. The van der Waals surface area contributed by atoms with Crippen LogP contribution >= 0.6 is 11.8 Å². The van der Waals surface area contributed by atoms with Crippen molar-refractivity contribution < 1.29 is 4.79 Å². The topological polar surface area (TPSA) is 52.9 Å². The molecule has 0 bridgehead atoms. The van der Waals surface area contributed by atoms with Crippen LogP contribution in [0, 0.1) is 11.3 Å². The largest absolute Gasteiger partial charge is 0.325 e. The summed E-state index contributed by atoms with van der Waals surface area (Å²) in [6.45, 7) is 4.35. The van der Waals surface area contributed by atoms with E-state index in [0.29, 0.717) is 18.8 Å². The van der Waals surface area contributed by atoms with Crippen molar-refractivity contribution in [1.82, 2.24) is 0 Å². The van der Waals surface area contributed by atoms with E-state index in [1.165, 1.54) is 11.1 Å². The third-order valence-corrected chi connectivity index (χ3v) is 4.99. The van der Waals surface area contributed by atoms with E-state index in [1.54, 1.807) is 11.8 Å². The highest BCUT2D eigenvalue weighted by atomic mass is 32.2. The van der Waals surface area contributed by atoms with Gasteiger partial charge in [0.2, 0.25) is 5.91 Å². The molecule has 2 rings (SSSR count). The molecule has 130 valence electrons. The zero-order chi connectivity index (χ0) is 18.1. The summed E-state index contributed by atoms with van der Waals surface area (Å²) in [7, 11) is 0. The van der Waals surface area contributed by atoms with Crippen molar-refractivity contribution in [1.29, 1.82) is 5.26 Å². The summed E-state index contributed by atoms with van der Waals surface area (Å²) in [5.74, 6) is 1.26. The molecule has 2 aromatic carbocycles. The SMILES string of the molecule is CC(C)c1ccc(CCC(=O)Nc2ccccc2SCCC#N)cc1. The quantitative estimate of drug-likeness (QED) is 0.512. The number of thioether (sulfide) groups is 1. The van der Waals surface area contributed by atoms with Crippen LogP contribution in [0.1, 0.15) is 43.7 Å². The van der Waals surface area contributed by atoms with Crippen LogP contribution in [0.4, 0.5) is 5.69 Å². The van der Waals surface area contributed by atoms with Gasteiger partial charge in [0.25, 0.3) is 0 Å². The second-order valence-electron chi connectivity index (χ2n) is 6.20. The van der Waals surface area contributed by atoms with E-state index in [9.17, 15) is 4.79 Å². The molecule has 1 amide bonds. The van der Waals surface area contributed by atoms with Crippen molar-refractivity contribution in [3.8, 4) is 6.07 Å². The lowest BCUT2D eigenvalue weighted by molar-refractivity contribution is -0.116. The van der Waals surface area contributed by atoms with Crippen molar-refractivity contribution >= 4 is 23.4 Å². The monoisotopic (exact) mass is 352 g/mol. The van der Waals surface area contributed by atoms with Gasteiger partial charge in [-0.15, -0.1) is 11.8 Å². The van der Waals surface area contributed by atoms with Crippen LogP contribution in [-0.4, -0.2) is 11.7 Å². The molecule has 0 saturated carbocycles. The van der Waals surface area contributed by atoms with Crippen molar-refractivity contribution in [3.63, 3.8) is 0 Å². The molecule has 0 atom stereocenters. The lowest BCUT2D eigenvalue weighted by Crippen LogP contribution is -2.13. The number of carbonyl (C=O) groups is 1. The van der Waals surface area contributed by atoms with Crippen LogP contribution in [0.5, 0.6) is 0 Å². The Bertz CT molecular complexity index is 732. The summed E-state index contributed by atoms with van der Waals surface area (Å²) in [6, 6.07) is 18.4. The standard InChI is InChI=1S/C21H24N2OS/c1-16(2)18-11-8-17(9-12-18)10-13-21(24)23-19-6-3-4-7-20(19)25-15-5-14-22/h3-4,6-9,11-12,16H,5,10,13,15H2,1-2H3,(H,23,24). The van der Waals surface area contributed by atoms with Crippen molar-refractivity contribution in [2.45, 2.75) is 43.9 Å². The van der Waals surface area contributed by atoms with Crippen LogP contribution in [0.2, 0.25) is 0 Å². The first-order valence-corrected chi connectivity index (χ1v) is 9.56. The number of nitrogens with one attached hydrogen (secondary N) is 1. The minimum atomic E-state index is 0.0151. The van der Waals surface area contributed by atoms with Gasteiger partial charge < -0.3 is 5.32 Å². The van der Waals surface area contributed by atoms with Gasteiger partial charge in [0.15, 0.2) is 0 Å². The molecule has 25 heavy (non-hydrogen) atoms. The number of carbonyl (C=O) groups excluding carboxylic acids is 1. The van der Waals surface area contributed by atoms with Crippen LogP contribution in [0.25, 0.3) is 0 Å². The molecular formula is C21H24N2OS. The summed E-state index contributed by atoms with van der Waals surface area (Å²) in [4.78, 5) is 13.3. The zero-order valence-electron chi connectivity index (χ0n) is 14.8. The van der Waals surface area contributed by atoms with Gasteiger partial charge in [-0.3, -0.25) is 4.79 Å². The molecule has 0 aliphatic rings. The van der Waals surface area contributed by atoms with Crippen LogP contribution in [0.15, 0.2) is 53.4 Å². The van der Waals surface area contributed by atoms with Gasteiger partial charge in [-0.05, 0) is 35.6 Å². The van der Waals surface area contributed by atoms with E-state index in [0.717, 1.165) is 22.8 Å². The first kappa shape index (κ1) is 19.1. The van der Waals surface area contributed by atoms with E-state index in [4.69, 9.17) is 5.26 Å². The Kier molecular flexibility index (Phi) is 7.56. The van der Waals surface area contributed by atoms with E-state index >= 15 is 0 Å². The zero-order valence-corrected chi connectivity index (χ0v) is 15.6. The average molecular weight is 353 g/mol. The molecule has 3 nitrogen and oxygen atoms in total. The van der Waals surface area contributed by atoms with Crippen LogP contribution in [-0.2, 0) is 11.2 Å². The Morgan fingerprint density at radius 1 is 1.16 bits per heavy atom. The van der Waals surface area contributed by atoms with Gasteiger partial charge in [0.05, 0.1) is 11.8 Å². The molecule has 0 aromatic heterocycles. The summed E-state index contributed by atoms with van der Waals surface area (Å²) in [5.41, 5.74) is 3.32. The second-order valence-corrected chi connectivity index (χ2v) is 7.33. The number of hydrogen-bond acceptors (Lipinski definition) is 3. The maximum absolute atomic E-state index is 12.3. The maximum atomic E-state index is 12.3. The lowest BCUT2D eigenvalue weighted by Gasteiger charge is -2.10. The van der Waals surface area contributed by atoms with Crippen molar-refractivity contribution in [3.05, 3.63) is 59.7 Å². The molecule has 0 spiro atoms. The predicted octanol–water partition coefficient (Wildman–Crippen LogP) is 5.39. The number of amides is 1. The normalized spacial score (nSPS) is 10.5. The molecule has 0 aliphatic heterocycles. The predicted molar refractivity (Wildman–Crippen MR) is 105 cm³/mol. The Labute approximate surface area is 154 Å². The molecule has 0 radical (unpaired) electrons. The Hall–Kier alpha value is -2.25. The van der Waals surface area contributed by atoms with E-state index < -0.39 is 0 Å². The highest BCUT2D eigenvalue weighted by Gasteiger charge is 2.08. The number of anilines is 1. The van der Waals surface area contributed by atoms with E-state index in [2.05, 4.69) is 49.5 Å². The number of rotatable bonds is 8. The molecule has 2 aromatic rings. The van der Waals surface area contributed by atoms with Crippen LogP contribution in [0.3, 0.4) is 0 Å². The highest BCUT2D eigenvalue weighted by Crippen LogP contribution is 2.27. The van der Waals surface area contributed by atoms with Gasteiger partial charge in [-0.2, -0.15) is 5.26 Å². The molecule has 0 heterocycles. The molecule has 0 fully saturated rings. The fourth-order valence-electron chi connectivity index (χ4n) is 2.44. The van der Waals surface area contributed by atoms with Gasteiger partial charge >= 0.3 is 0 Å². The third-order valence-electron chi connectivity index (χ3n) is 3.92. The molecule has 0 unspecified atom stereocenters. The summed E-state index contributed by atoms with van der Waals surface area (Å²) >= 11 is 1.60. The van der Waals surface area contributed by atoms with Crippen LogP contribution < -0.4 is 5.32 Å². The third kappa shape index (κ3) is 6.28. The fraction of sp³-hybridized carbons (Fsp3) is 0.333. The van der Waals surface area contributed by atoms with Crippen molar-refractivity contribution in [2.75, 3.05) is 11.1 Å². The number of nitriles is 1. The van der Waals surface area contributed by atoms with Crippen molar-refractivity contribution in [2.24, 2.45) is 0 Å². The summed E-state index contributed by atoms with van der Waals surface area (Å²) in [6.07, 6.45) is 1.69. The molecule has 1 N–H and O–H groups in total. The smallest absolute Gasteiger partial charge is 0.224 e. The number of para-hydroxylation sites is 1. The number of nitrogens with zero attached hydrogens (tertiary/aromatic N) is 1. The number of hydrogen-bond donors (Lipinski definition) is 1. The van der Waals surface area contributed by atoms with E-state index in [1.807, 2.05) is 24.3 Å². The minimum absolute atomic E-state index is 0.0151. The number of aryl methyl sites for hydroxylation is 1. The van der Waals surface area contributed by atoms with E-state index in [-0.39, 0.29) is 5.91 Å². The lowest BCUT2D eigenvalue weighted by atomic mass is 10.0. The second kappa shape index (κ2) is 9.90.